The first-order chi connectivity index (χ1) is 11.8. The number of ether oxygens (including phenoxy) is 1. The third-order valence-electron chi connectivity index (χ3n) is 3.65. The molecule has 0 radical (unpaired) electrons. The third-order valence-corrected chi connectivity index (χ3v) is 6.65. The molecule has 0 spiro atoms. The summed E-state index contributed by atoms with van der Waals surface area (Å²) in [5.74, 6) is -1.62. The monoisotopic (exact) mass is 394 g/mol. The van der Waals surface area contributed by atoms with Gasteiger partial charge in [0.15, 0.2) is 0 Å². The Bertz CT molecular complexity index is 628. The summed E-state index contributed by atoms with van der Waals surface area (Å²) in [6, 6.07) is 1.99. The van der Waals surface area contributed by atoms with Crippen LogP contribution in [0, 0.1) is 0 Å². The molecule has 1 aromatic rings. The Labute approximate surface area is 150 Å². The number of halogens is 3. The Kier molecular flexibility index (Phi) is 7.06. The van der Waals surface area contributed by atoms with Crippen molar-refractivity contribution in [3.8, 4) is 5.75 Å². The van der Waals surface area contributed by atoms with Gasteiger partial charge in [-0.1, -0.05) is 28.0 Å². The van der Waals surface area contributed by atoms with E-state index >= 15 is 0 Å². The van der Waals surface area contributed by atoms with E-state index in [0.29, 0.717) is 23.8 Å². The van der Waals surface area contributed by atoms with Gasteiger partial charge >= 0.3 is 18.1 Å². The molecule has 1 saturated heterocycles. The van der Waals surface area contributed by atoms with E-state index in [1.165, 1.54) is 0 Å². The van der Waals surface area contributed by atoms with Crippen LogP contribution in [0.5, 0.6) is 5.75 Å². The first-order valence-corrected chi connectivity index (χ1v) is 10.1. The maximum atomic E-state index is 12.7. The van der Waals surface area contributed by atoms with Crippen molar-refractivity contribution in [2.45, 2.75) is 43.5 Å². The number of rotatable bonds is 7. The fourth-order valence-corrected chi connectivity index (χ4v) is 5.37. The molecule has 2 rings (SSSR count). The van der Waals surface area contributed by atoms with Gasteiger partial charge in [-0.25, -0.2) is 4.79 Å². The minimum absolute atomic E-state index is 0.0415. The molecule has 1 aliphatic heterocycles. The van der Waals surface area contributed by atoms with Crippen molar-refractivity contribution in [1.82, 2.24) is 0 Å². The molecular weight excluding hydrogens is 377 g/mol. The smallest absolute Gasteiger partial charge is 0.416 e. The van der Waals surface area contributed by atoms with Gasteiger partial charge in [0.2, 0.25) is 0 Å². The summed E-state index contributed by atoms with van der Waals surface area (Å²) in [6.45, 7) is 0. The topological polar surface area (TPSA) is 63.6 Å². The van der Waals surface area contributed by atoms with Crippen molar-refractivity contribution in [2.24, 2.45) is 0 Å². The van der Waals surface area contributed by atoms with Gasteiger partial charge in [0.1, 0.15) is 11.3 Å². The summed E-state index contributed by atoms with van der Waals surface area (Å²) < 4.78 is 43.1. The van der Waals surface area contributed by atoms with Gasteiger partial charge in [0.05, 0.1) is 5.56 Å². The predicted molar refractivity (Wildman–Crippen MR) is 91.0 cm³/mol. The normalized spacial score (nSPS) is 17.5. The molecule has 1 heterocycles. The highest BCUT2D eigenvalue weighted by Gasteiger charge is 2.32. The molecule has 1 aliphatic rings. The molecule has 0 unspecified atom stereocenters. The molecule has 0 aromatic heterocycles. The molecule has 0 aliphatic carbocycles. The Morgan fingerprint density at radius 2 is 2.04 bits per heavy atom. The van der Waals surface area contributed by atoms with Crippen LogP contribution in [0.2, 0.25) is 0 Å². The van der Waals surface area contributed by atoms with E-state index in [2.05, 4.69) is 0 Å². The molecule has 1 aromatic carbocycles. The summed E-state index contributed by atoms with van der Waals surface area (Å²) in [5, 5.41) is 9.62. The highest BCUT2D eigenvalue weighted by Crippen LogP contribution is 2.40. The van der Waals surface area contributed by atoms with E-state index in [1.54, 1.807) is 0 Å². The maximum Gasteiger partial charge on any atom is 0.416 e. The van der Waals surface area contributed by atoms with Crippen molar-refractivity contribution in [3.63, 3.8) is 0 Å². The number of carbonyl (C=O) groups excluding carboxylic acids is 1. The van der Waals surface area contributed by atoms with Gasteiger partial charge in [-0.05, 0) is 37.5 Å². The lowest BCUT2D eigenvalue weighted by atomic mass is 10.1. The second-order valence-corrected chi connectivity index (χ2v) is 8.35. The van der Waals surface area contributed by atoms with E-state index in [1.807, 2.05) is 21.6 Å². The predicted octanol–water partition coefficient (Wildman–Crippen LogP) is 5.02. The molecule has 0 amide bonds. The van der Waals surface area contributed by atoms with Crippen LogP contribution in [0.1, 0.15) is 48.0 Å². The minimum Gasteiger partial charge on any atom is -0.478 e. The first-order valence-electron chi connectivity index (χ1n) is 7.71. The Hall–Kier alpha value is -1.35. The van der Waals surface area contributed by atoms with Crippen LogP contribution >= 0.6 is 21.6 Å². The van der Waals surface area contributed by atoms with Crippen molar-refractivity contribution in [3.05, 3.63) is 29.3 Å². The molecule has 4 nitrogen and oxygen atoms in total. The number of aromatic carboxylic acids is 1. The highest BCUT2D eigenvalue weighted by molar-refractivity contribution is 8.77. The Morgan fingerprint density at radius 3 is 2.64 bits per heavy atom. The number of carbonyl (C=O) groups is 2. The summed E-state index contributed by atoms with van der Waals surface area (Å²) in [6.07, 6.45) is -1.10. The average Bonchev–Trinajstić information content (AvgIpc) is 3.03. The molecule has 1 fully saturated rings. The zero-order valence-corrected chi connectivity index (χ0v) is 14.8. The summed E-state index contributed by atoms with van der Waals surface area (Å²) in [5.41, 5.74) is -1.53. The summed E-state index contributed by atoms with van der Waals surface area (Å²) in [7, 11) is 3.67. The molecule has 0 bridgehead atoms. The van der Waals surface area contributed by atoms with Gasteiger partial charge in [-0.2, -0.15) is 13.2 Å². The lowest BCUT2D eigenvalue weighted by Crippen LogP contribution is -2.13. The molecule has 9 heteroatoms. The standard InChI is InChI=1S/C16H17F3O4S2/c17-16(18,19)10-5-6-12(15(21)22)13(9-10)23-14(20)4-2-1-3-11-7-8-24-25-11/h5-6,9,11H,1-4,7-8H2,(H,21,22)/t11-/m1/s1. The van der Waals surface area contributed by atoms with Crippen LogP contribution in [0.4, 0.5) is 13.2 Å². The van der Waals surface area contributed by atoms with Crippen molar-refractivity contribution in [2.75, 3.05) is 5.75 Å². The number of alkyl halides is 3. The fourth-order valence-electron chi connectivity index (χ4n) is 2.34. The van der Waals surface area contributed by atoms with E-state index in [0.717, 1.165) is 31.1 Å². The number of esters is 1. The van der Waals surface area contributed by atoms with Gasteiger partial charge < -0.3 is 9.84 Å². The zero-order valence-electron chi connectivity index (χ0n) is 13.2. The molecule has 25 heavy (non-hydrogen) atoms. The van der Waals surface area contributed by atoms with E-state index in [9.17, 15) is 22.8 Å². The van der Waals surface area contributed by atoms with E-state index < -0.39 is 35.0 Å². The van der Waals surface area contributed by atoms with Crippen LogP contribution in [-0.2, 0) is 11.0 Å². The number of unbranched alkanes of at least 4 members (excludes halogenated alkanes) is 1. The second kappa shape index (κ2) is 8.84. The maximum absolute atomic E-state index is 12.7. The van der Waals surface area contributed by atoms with E-state index in [-0.39, 0.29) is 6.42 Å². The second-order valence-electron chi connectivity index (χ2n) is 5.56. The Balaban J connectivity index is 1.92. The van der Waals surface area contributed by atoms with E-state index in [4.69, 9.17) is 9.84 Å². The van der Waals surface area contributed by atoms with Gasteiger partial charge in [0, 0.05) is 17.4 Å². The van der Waals surface area contributed by atoms with Crippen LogP contribution < -0.4 is 4.74 Å². The van der Waals surface area contributed by atoms with Crippen molar-refractivity contribution < 1.29 is 32.6 Å². The fraction of sp³-hybridized carbons (Fsp3) is 0.500. The lowest BCUT2D eigenvalue weighted by molar-refractivity contribution is -0.139. The third kappa shape index (κ3) is 6.14. The molecule has 1 N–H and O–H groups in total. The number of hydrogen-bond acceptors (Lipinski definition) is 5. The van der Waals surface area contributed by atoms with Crippen molar-refractivity contribution >= 4 is 33.5 Å². The van der Waals surface area contributed by atoms with Crippen LogP contribution in [0.15, 0.2) is 18.2 Å². The van der Waals surface area contributed by atoms with Crippen LogP contribution in [0.25, 0.3) is 0 Å². The van der Waals surface area contributed by atoms with Gasteiger partial charge in [-0.15, -0.1) is 0 Å². The zero-order chi connectivity index (χ0) is 18.4. The number of carboxylic acids is 1. The lowest BCUT2D eigenvalue weighted by Gasteiger charge is -2.12. The quantitative estimate of drug-likeness (QED) is 0.303. The van der Waals surface area contributed by atoms with Gasteiger partial charge in [0.25, 0.3) is 0 Å². The van der Waals surface area contributed by atoms with Crippen LogP contribution in [-0.4, -0.2) is 28.0 Å². The summed E-state index contributed by atoms with van der Waals surface area (Å²) >= 11 is 0. The number of benzene rings is 1. The number of carboxylic acid groups (broad SMARTS) is 1. The van der Waals surface area contributed by atoms with Gasteiger partial charge in [-0.3, -0.25) is 4.79 Å². The largest absolute Gasteiger partial charge is 0.478 e. The highest BCUT2D eigenvalue weighted by atomic mass is 33.1. The minimum atomic E-state index is -4.64. The molecule has 0 saturated carbocycles. The number of hydrogen-bond donors (Lipinski definition) is 1. The molecular formula is C16H17F3O4S2. The first kappa shape index (κ1) is 20.0. The summed E-state index contributed by atoms with van der Waals surface area (Å²) in [4.78, 5) is 22.9. The molecule has 138 valence electrons. The molecule has 1 atom stereocenters. The average molecular weight is 394 g/mol. The van der Waals surface area contributed by atoms with Crippen molar-refractivity contribution in [1.29, 1.82) is 0 Å². The van der Waals surface area contributed by atoms with Crippen LogP contribution in [0.3, 0.4) is 0 Å². The SMILES string of the molecule is O=C(CCCC[C@@H]1CCSS1)Oc1cc(C(F)(F)F)ccc1C(=O)O. The Morgan fingerprint density at radius 1 is 1.28 bits per heavy atom.